The zero-order chi connectivity index (χ0) is 22.1. The van der Waals surface area contributed by atoms with E-state index in [-0.39, 0.29) is 11.5 Å². The van der Waals surface area contributed by atoms with E-state index >= 15 is 0 Å². The van der Waals surface area contributed by atoms with Gasteiger partial charge in [-0.1, -0.05) is 32.1 Å². The van der Waals surface area contributed by atoms with Crippen molar-refractivity contribution in [1.82, 2.24) is 24.8 Å². The van der Waals surface area contributed by atoms with Gasteiger partial charge in [0.15, 0.2) is 5.65 Å². The number of aryl methyl sites for hydroxylation is 1. The van der Waals surface area contributed by atoms with Crippen molar-refractivity contribution < 1.29 is 4.79 Å². The van der Waals surface area contributed by atoms with E-state index in [2.05, 4.69) is 21.4 Å². The average molecular weight is 440 g/mol. The molecule has 3 heterocycles. The Morgan fingerprint density at radius 2 is 1.88 bits per heavy atom. The molecule has 174 valence electrons. The largest absolute Gasteiger partial charge is 0.353 e. The second-order valence-electron chi connectivity index (χ2n) is 10.2. The highest BCUT2D eigenvalue weighted by molar-refractivity contribution is 5.76. The minimum absolute atomic E-state index is 0.0433. The van der Waals surface area contributed by atoms with Crippen LogP contribution >= 0.6 is 0 Å². The zero-order valence-electron chi connectivity index (χ0n) is 19.4. The van der Waals surface area contributed by atoms with Crippen LogP contribution in [-0.2, 0) is 11.2 Å². The topological polar surface area (TPSA) is 82.5 Å². The van der Waals surface area contributed by atoms with Gasteiger partial charge in [0.2, 0.25) is 5.91 Å². The molecule has 2 saturated carbocycles. The summed E-state index contributed by atoms with van der Waals surface area (Å²) in [7, 11) is 0. The first-order chi connectivity index (χ1) is 15.6. The average Bonchev–Trinajstić information content (AvgIpc) is 3.55. The summed E-state index contributed by atoms with van der Waals surface area (Å²) in [5.74, 6) is 0.473. The molecule has 1 aliphatic heterocycles. The molecule has 2 N–H and O–H groups in total. The van der Waals surface area contributed by atoms with Gasteiger partial charge in [-0.15, -0.1) is 0 Å². The number of carbonyl (C=O) groups excluding carboxylic acids is 1. The number of aromatic nitrogens is 3. The Bertz CT molecular complexity index is 1010. The Morgan fingerprint density at radius 1 is 1.12 bits per heavy atom. The van der Waals surface area contributed by atoms with Crippen LogP contribution in [0.2, 0.25) is 0 Å². The molecule has 0 aromatic carbocycles. The van der Waals surface area contributed by atoms with Gasteiger partial charge < -0.3 is 5.32 Å². The van der Waals surface area contributed by atoms with E-state index < -0.39 is 0 Å². The highest BCUT2D eigenvalue weighted by Crippen LogP contribution is 2.32. The van der Waals surface area contributed by atoms with E-state index in [1.807, 2.05) is 6.92 Å². The van der Waals surface area contributed by atoms with Crippen LogP contribution in [0.15, 0.2) is 10.9 Å². The second-order valence-corrected chi connectivity index (χ2v) is 10.2. The fourth-order valence-corrected chi connectivity index (χ4v) is 6.11. The van der Waals surface area contributed by atoms with Crippen LogP contribution in [-0.4, -0.2) is 50.6 Å². The first-order valence-electron chi connectivity index (χ1n) is 12.7. The molecule has 2 aromatic heterocycles. The maximum atomic E-state index is 13.2. The number of rotatable bonds is 6. The van der Waals surface area contributed by atoms with Crippen molar-refractivity contribution >= 4 is 11.6 Å². The quantitative estimate of drug-likeness (QED) is 0.722. The van der Waals surface area contributed by atoms with Crippen LogP contribution < -0.4 is 10.9 Å². The number of hydrogen-bond donors (Lipinski definition) is 2. The predicted molar refractivity (Wildman–Crippen MR) is 125 cm³/mol. The SMILES string of the molecule is Cc1nc2cc(C3CCN(C4CCCCC4)C3)[nH]n2c(=O)c1CCC(=O)NC1CCCC1. The summed E-state index contributed by atoms with van der Waals surface area (Å²) in [5.41, 5.74) is 3.13. The van der Waals surface area contributed by atoms with Crippen LogP contribution in [0.25, 0.3) is 5.65 Å². The van der Waals surface area contributed by atoms with Crippen LogP contribution in [0.4, 0.5) is 0 Å². The molecular weight excluding hydrogens is 402 g/mol. The maximum absolute atomic E-state index is 13.2. The van der Waals surface area contributed by atoms with Gasteiger partial charge >= 0.3 is 0 Å². The van der Waals surface area contributed by atoms with Crippen molar-refractivity contribution in [1.29, 1.82) is 0 Å². The number of nitrogens with one attached hydrogen (secondary N) is 2. The monoisotopic (exact) mass is 439 g/mol. The van der Waals surface area contributed by atoms with Gasteiger partial charge in [0.1, 0.15) is 0 Å². The van der Waals surface area contributed by atoms with Crippen LogP contribution in [0.3, 0.4) is 0 Å². The van der Waals surface area contributed by atoms with Gasteiger partial charge in [0.05, 0.1) is 0 Å². The number of likely N-dealkylation sites (tertiary alicyclic amines) is 1. The lowest BCUT2D eigenvalue weighted by Crippen LogP contribution is -2.34. The summed E-state index contributed by atoms with van der Waals surface area (Å²) in [6, 6.07) is 3.11. The normalized spacial score (nSPS) is 23.3. The summed E-state index contributed by atoms with van der Waals surface area (Å²) in [4.78, 5) is 32.9. The maximum Gasteiger partial charge on any atom is 0.276 e. The molecule has 7 heteroatoms. The first kappa shape index (κ1) is 21.7. The predicted octanol–water partition coefficient (Wildman–Crippen LogP) is 3.44. The highest BCUT2D eigenvalue weighted by Gasteiger charge is 2.31. The van der Waals surface area contributed by atoms with Gasteiger partial charge in [-0.05, 0) is 52.0 Å². The molecule has 3 fully saturated rings. The Hall–Kier alpha value is -2.15. The minimum atomic E-state index is -0.0606. The molecule has 0 radical (unpaired) electrons. The Labute approximate surface area is 190 Å². The number of amides is 1. The fourth-order valence-electron chi connectivity index (χ4n) is 6.11. The smallest absolute Gasteiger partial charge is 0.276 e. The molecule has 2 aromatic rings. The summed E-state index contributed by atoms with van der Waals surface area (Å²) < 4.78 is 1.59. The van der Waals surface area contributed by atoms with Gasteiger partial charge in [0.25, 0.3) is 5.56 Å². The third-order valence-electron chi connectivity index (χ3n) is 8.01. The van der Waals surface area contributed by atoms with Gasteiger partial charge in [-0.2, -0.15) is 0 Å². The molecule has 1 unspecified atom stereocenters. The molecule has 1 amide bonds. The van der Waals surface area contributed by atoms with E-state index in [9.17, 15) is 9.59 Å². The second kappa shape index (κ2) is 9.38. The zero-order valence-corrected chi connectivity index (χ0v) is 19.4. The van der Waals surface area contributed by atoms with Gasteiger partial charge in [0, 0.05) is 54.0 Å². The summed E-state index contributed by atoms with van der Waals surface area (Å²) >= 11 is 0. The molecule has 5 rings (SSSR count). The van der Waals surface area contributed by atoms with Crippen LogP contribution in [0, 0.1) is 6.92 Å². The summed E-state index contributed by atoms with van der Waals surface area (Å²) in [6.45, 7) is 4.10. The number of fused-ring (bicyclic) bond motifs is 1. The molecule has 3 aliphatic rings. The standard InChI is InChI=1S/C25H37N5O2/c1-17-21(11-12-24(31)27-19-7-5-6-8-19)25(32)30-23(26-17)15-22(28-30)18-13-14-29(16-18)20-9-3-2-4-10-20/h15,18-20,28H,2-14,16H2,1H3,(H,27,31). The van der Waals surface area contributed by atoms with Crippen molar-refractivity contribution in [2.75, 3.05) is 13.1 Å². The Kier molecular flexibility index (Phi) is 6.35. The summed E-state index contributed by atoms with van der Waals surface area (Å²) in [5, 5.41) is 6.47. The lowest BCUT2D eigenvalue weighted by Gasteiger charge is -2.30. The van der Waals surface area contributed by atoms with Crippen LogP contribution in [0.5, 0.6) is 0 Å². The lowest BCUT2D eigenvalue weighted by molar-refractivity contribution is -0.121. The van der Waals surface area contributed by atoms with E-state index in [1.54, 1.807) is 4.52 Å². The third kappa shape index (κ3) is 4.49. The summed E-state index contributed by atoms with van der Waals surface area (Å²) in [6.07, 6.45) is 13.2. The number of H-pyrrole nitrogens is 1. The molecule has 1 saturated heterocycles. The van der Waals surface area contributed by atoms with Crippen LogP contribution in [0.1, 0.15) is 93.5 Å². The molecule has 1 atom stereocenters. The number of aromatic amines is 1. The van der Waals surface area contributed by atoms with Crippen molar-refractivity contribution in [3.63, 3.8) is 0 Å². The van der Waals surface area contributed by atoms with E-state index in [0.717, 1.165) is 49.8 Å². The number of carbonyl (C=O) groups is 1. The molecule has 2 aliphatic carbocycles. The minimum Gasteiger partial charge on any atom is -0.353 e. The van der Waals surface area contributed by atoms with Gasteiger partial charge in [-0.25, -0.2) is 9.50 Å². The van der Waals surface area contributed by atoms with E-state index in [1.165, 1.54) is 44.9 Å². The first-order valence-corrected chi connectivity index (χ1v) is 12.7. The molecule has 0 spiro atoms. The molecule has 7 nitrogen and oxygen atoms in total. The van der Waals surface area contributed by atoms with Crippen molar-refractivity contribution in [2.24, 2.45) is 0 Å². The molecular formula is C25H37N5O2. The van der Waals surface area contributed by atoms with Gasteiger partial charge in [-0.3, -0.25) is 19.6 Å². The number of nitrogens with zero attached hydrogens (tertiary/aromatic N) is 3. The van der Waals surface area contributed by atoms with E-state index in [0.29, 0.717) is 36.0 Å². The molecule has 32 heavy (non-hydrogen) atoms. The van der Waals surface area contributed by atoms with E-state index in [4.69, 9.17) is 4.98 Å². The fraction of sp³-hybridized carbons (Fsp3) is 0.720. The molecule has 0 bridgehead atoms. The third-order valence-corrected chi connectivity index (χ3v) is 8.01. The van der Waals surface area contributed by atoms with Crippen molar-refractivity contribution in [3.8, 4) is 0 Å². The highest BCUT2D eigenvalue weighted by atomic mass is 16.1. The number of hydrogen-bond acceptors (Lipinski definition) is 4. The lowest BCUT2D eigenvalue weighted by atomic mass is 9.94. The van der Waals surface area contributed by atoms with Crippen molar-refractivity contribution in [3.05, 3.63) is 33.4 Å². The Balaban J connectivity index is 1.27. The van der Waals surface area contributed by atoms with Crippen molar-refractivity contribution in [2.45, 2.75) is 102 Å². The Morgan fingerprint density at radius 3 is 2.66 bits per heavy atom.